The topological polar surface area (TPSA) is 53.3 Å². The van der Waals surface area contributed by atoms with E-state index in [1.807, 2.05) is 4.90 Å². The highest BCUT2D eigenvalue weighted by molar-refractivity contribution is 5.83. The minimum atomic E-state index is -0.429. The van der Waals surface area contributed by atoms with E-state index in [1.54, 1.807) is 0 Å². The summed E-state index contributed by atoms with van der Waals surface area (Å²) in [5.74, 6) is 2.70. The van der Waals surface area contributed by atoms with Gasteiger partial charge in [-0.1, -0.05) is 0 Å². The fraction of sp³-hybridized carbons (Fsp3) is 0.875. The van der Waals surface area contributed by atoms with Crippen LogP contribution in [0.25, 0.3) is 0 Å². The minimum Gasteiger partial charge on any atom is -0.360 e. The van der Waals surface area contributed by atoms with Gasteiger partial charge in [0.25, 0.3) is 0 Å². The minimum absolute atomic E-state index is 0.0773. The molecule has 1 amide bonds. The van der Waals surface area contributed by atoms with E-state index in [-0.39, 0.29) is 5.41 Å². The first-order chi connectivity index (χ1) is 9.68. The molecule has 1 heterocycles. The van der Waals surface area contributed by atoms with Crippen LogP contribution >= 0.6 is 0 Å². The molecule has 0 aromatic heterocycles. The third-order valence-electron chi connectivity index (χ3n) is 5.99. The van der Waals surface area contributed by atoms with Crippen molar-refractivity contribution in [3.05, 3.63) is 0 Å². The lowest BCUT2D eigenvalue weighted by Gasteiger charge is -2.56. The van der Waals surface area contributed by atoms with Crippen LogP contribution in [0.15, 0.2) is 0 Å². The monoisotopic (exact) mass is 274 g/mol. The van der Waals surface area contributed by atoms with Crippen molar-refractivity contribution in [2.75, 3.05) is 19.7 Å². The molecule has 0 aromatic carbocycles. The van der Waals surface area contributed by atoms with Crippen LogP contribution in [0, 0.1) is 34.5 Å². The summed E-state index contributed by atoms with van der Waals surface area (Å²) in [6.07, 6.45) is 6.95. The van der Waals surface area contributed by atoms with E-state index in [0.29, 0.717) is 25.6 Å². The molecule has 4 heteroatoms. The van der Waals surface area contributed by atoms with E-state index in [2.05, 4.69) is 6.07 Å². The van der Waals surface area contributed by atoms with Crippen molar-refractivity contribution in [3.63, 3.8) is 0 Å². The number of hydrogen-bond donors (Lipinski definition) is 0. The van der Waals surface area contributed by atoms with Gasteiger partial charge in [0.05, 0.1) is 24.6 Å². The molecule has 20 heavy (non-hydrogen) atoms. The van der Waals surface area contributed by atoms with Crippen LogP contribution in [-0.2, 0) is 9.53 Å². The summed E-state index contributed by atoms with van der Waals surface area (Å²) < 4.78 is 5.37. The highest BCUT2D eigenvalue weighted by Crippen LogP contribution is 2.60. The van der Waals surface area contributed by atoms with Gasteiger partial charge in [0, 0.05) is 6.54 Å². The smallest absolute Gasteiger partial charge is 0.229 e. The molecular formula is C16H22N2O2. The number of nitriles is 1. The van der Waals surface area contributed by atoms with Crippen LogP contribution in [0.2, 0.25) is 0 Å². The Kier molecular flexibility index (Phi) is 2.82. The molecule has 0 N–H and O–H groups in total. The van der Waals surface area contributed by atoms with Gasteiger partial charge in [-0.15, -0.1) is 0 Å². The van der Waals surface area contributed by atoms with Gasteiger partial charge in [0.2, 0.25) is 5.91 Å². The Morgan fingerprint density at radius 2 is 1.75 bits per heavy atom. The normalized spacial score (nSPS) is 46.2. The van der Waals surface area contributed by atoms with Crippen LogP contribution in [0.5, 0.6) is 0 Å². The zero-order chi connectivity index (χ0) is 13.7. The van der Waals surface area contributed by atoms with Gasteiger partial charge >= 0.3 is 0 Å². The third kappa shape index (κ3) is 1.87. The zero-order valence-electron chi connectivity index (χ0n) is 11.9. The second-order valence-corrected chi connectivity index (χ2v) is 7.44. The molecule has 1 aliphatic heterocycles. The van der Waals surface area contributed by atoms with Crippen molar-refractivity contribution in [2.24, 2.45) is 23.2 Å². The molecule has 1 unspecified atom stereocenters. The SMILES string of the molecule is N#CC1CN(C(=O)C23CC4CC(CC(C4)C2)C3)CCO1. The molecule has 0 aromatic rings. The first-order valence-electron chi connectivity index (χ1n) is 7.99. The van der Waals surface area contributed by atoms with Crippen molar-refractivity contribution < 1.29 is 9.53 Å². The lowest BCUT2D eigenvalue weighted by molar-refractivity contribution is -0.163. The Balaban J connectivity index is 1.55. The van der Waals surface area contributed by atoms with Crippen LogP contribution in [0.3, 0.4) is 0 Å². The van der Waals surface area contributed by atoms with E-state index < -0.39 is 6.10 Å². The van der Waals surface area contributed by atoms with E-state index in [9.17, 15) is 4.79 Å². The Morgan fingerprint density at radius 1 is 1.15 bits per heavy atom. The highest BCUT2D eigenvalue weighted by Gasteiger charge is 2.55. The van der Waals surface area contributed by atoms with Crippen molar-refractivity contribution in [3.8, 4) is 6.07 Å². The molecular weight excluding hydrogens is 252 g/mol. The maximum absolute atomic E-state index is 13.1. The fourth-order valence-corrected chi connectivity index (χ4v) is 5.62. The van der Waals surface area contributed by atoms with E-state index in [4.69, 9.17) is 10.00 Å². The summed E-state index contributed by atoms with van der Waals surface area (Å²) in [6, 6.07) is 2.15. The lowest BCUT2D eigenvalue weighted by Crippen LogP contribution is -2.57. The molecule has 5 rings (SSSR count). The van der Waals surface area contributed by atoms with Gasteiger partial charge in [-0.2, -0.15) is 5.26 Å². The number of amides is 1. The summed E-state index contributed by atoms with van der Waals surface area (Å²) in [4.78, 5) is 15.0. The lowest BCUT2D eigenvalue weighted by atomic mass is 9.49. The predicted molar refractivity (Wildman–Crippen MR) is 72.5 cm³/mol. The summed E-state index contributed by atoms with van der Waals surface area (Å²) in [6.45, 7) is 1.65. The number of ether oxygens (including phenoxy) is 1. The molecule has 1 saturated heterocycles. The molecule has 4 saturated carbocycles. The van der Waals surface area contributed by atoms with Gasteiger partial charge in [0.1, 0.15) is 0 Å². The quantitative estimate of drug-likeness (QED) is 0.734. The largest absolute Gasteiger partial charge is 0.360 e. The van der Waals surface area contributed by atoms with Crippen molar-refractivity contribution in [2.45, 2.75) is 44.6 Å². The third-order valence-corrected chi connectivity index (χ3v) is 5.99. The highest BCUT2D eigenvalue weighted by atomic mass is 16.5. The maximum atomic E-state index is 13.1. The van der Waals surface area contributed by atoms with Crippen molar-refractivity contribution >= 4 is 5.91 Å². The number of hydrogen-bond acceptors (Lipinski definition) is 3. The van der Waals surface area contributed by atoms with Crippen molar-refractivity contribution in [1.82, 2.24) is 4.90 Å². The number of carbonyl (C=O) groups is 1. The van der Waals surface area contributed by atoms with Crippen LogP contribution < -0.4 is 0 Å². The first-order valence-corrected chi connectivity index (χ1v) is 7.99. The fourth-order valence-electron chi connectivity index (χ4n) is 5.62. The second-order valence-electron chi connectivity index (χ2n) is 7.44. The van der Waals surface area contributed by atoms with E-state index >= 15 is 0 Å². The Morgan fingerprint density at radius 3 is 2.30 bits per heavy atom. The average Bonchev–Trinajstić information content (AvgIpc) is 2.45. The molecule has 4 bridgehead atoms. The van der Waals surface area contributed by atoms with Crippen LogP contribution in [0.4, 0.5) is 0 Å². The van der Waals surface area contributed by atoms with E-state index in [1.165, 1.54) is 19.3 Å². The number of rotatable bonds is 1. The summed E-state index contributed by atoms with van der Waals surface area (Å²) >= 11 is 0. The molecule has 4 nitrogen and oxygen atoms in total. The molecule has 1 atom stereocenters. The van der Waals surface area contributed by atoms with Gasteiger partial charge in [-0.05, 0) is 56.3 Å². The molecule has 5 fully saturated rings. The first kappa shape index (κ1) is 12.6. The van der Waals surface area contributed by atoms with Crippen molar-refractivity contribution in [1.29, 1.82) is 5.26 Å². The van der Waals surface area contributed by atoms with Gasteiger partial charge in [0.15, 0.2) is 6.10 Å². The number of morpholine rings is 1. The Labute approximate surface area is 120 Å². The van der Waals surface area contributed by atoms with Gasteiger partial charge in [-0.25, -0.2) is 0 Å². The summed E-state index contributed by atoms with van der Waals surface area (Å²) in [5.41, 5.74) is -0.0773. The standard InChI is InChI=1S/C16H22N2O2/c17-9-14-10-18(1-2-20-14)15(19)16-6-11-3-12(7-16)5-13(4-11)8-16/h11-14H,1-8,10H2. The van der Waals surface area contributed by atoms with Gasteiger partial charge in [-0.3, -0.25) is 4.79 Å². The molecule has 108 valence electrons. The number of carbonyl (C=O) groups excluding carboxylic acids is 1. The molecule has 0 spiro atoms. The number of nitrogens with zero attached hydrogens (tertiary/aromatic N) is 2. The second kappa shape index (κ2) is 4.46. The molecule has 5 aliphatic rings. The average molecular weight is 274 g/mol. The van der Waals surface area contributed by atoms with E-state index in [0.717, 1.165) is 37.0 Å². The summed E-state index contributed by atoms with van der Waals surface area (Å²) in [7, 11) is 0. The Bertz CT molecular complexity index is 432. The zero-order valence-corrected chi connectivity index (χ0v) is 11.9. The van der Waals surface area contributed by atoms with Crippen LogP contribution in [0.1, 0.15) is 38.5 Å². The summed E-state index contributed by atoms with van der Waals surface area (Å²) in [5, 5.41) is 9.01. The molecule has 4 aliphatic carbocycles. The van der Waals surface area contributed by atoms with Gasteiger partial charge < -0.3 is 9.64 Å². The molecule has 0 radical (unpaired) electrons. The Hall–Kier alpha value is -1.08. The maximum Gasteiger partial charge on any atom is 0.229 e. The predicted octanol–water partition coefficient (Wildman–Crippen LogP) is 1.95. The van der Waals surface area contributed by atoms with Crippen LogP contribution in [-0.4, -0.2) is 36.6 Å².